The number of aromatic nitrogens is 3. The fraction of sp³-hybridized carbons (Fsp3) is 0.368. The van der Waals surface area contributed by atoms with Crippen LogP contribution in [0, 0.1) is 5.92 Å². The van der Waals surface area contributed by atoms with Crippen molar-refractivity contribution in [2.75, 3.05) is 0 Å². The third-order valence-electron chi connectivity index (χ3n) is 5.97. The minimum Gasteiger partial charge on any atom is -0.361 e. The van der Waals surface area contributed by atoms with Crippen molar-refractivity contribution in [3.8, 4) is 0 Å². The topological polar surface area (TPSA) is 54.7 Å². The fourth-order valence-electron chi connectivity index (χ4n) is 4.98. The van der Waals surface area contributed by atoms with E-state index in [0.29, 0.717) is 11.8 Å². The normalized spacial score (nSPS) is 28.7. The molecule has 4 nitrogen and oxygen atoms in total. The molecule has 2 aliphatic rings. The minimum atomic E-state index is -0.0523. The van der Waals surface area contributed by atoms with E-state index in [1.165, 1.54) is 22.4 Å². The summed E-state index contributed by atoms with van der Waals surface area (Å²) >= 11 is 0. The van der Waals surface area contributed by atoms with E-state index in [9.17, 15) is 0 Å². The summed E-state index contributed by atoms with van der Waals surface area (Å²) in [4.78, 5) is 0. The molecule has 2 aromatic heterocycles. The number of nitrogens with one attached hydrogen (secondary N) is 1. The first-order valence-electron chi connectivity index (χ1n) is 8.32. The van der Waals surface area contributed by atoms with E-state index in [-0.39, 0.29) is 5.41 Å². The summed E-state index contributed by atoms with van der Waals surface area (Å²) in [6, 6.07) is 10.9. The molecule has 3 aromatic rings. The zero-order valence-corrected chi connectivity index (χ0v) is 13.1. The second-order valence-electron chi connectivity index (χ2n) is 6.93. The first-order valence-corrected chi connectivity index (χ1v) is 8.32. The van der Waals surface area contributed by atoms with Gasteiger partial charge in [-0.25, -0.2) is 0 Å². The van der Waals surface area contributed by atoms with Crippen LogP contribution in [0.25, 0.3) is 0 Å². The van der Waals surface area contributed by atoms with E-state index in [1.54, 1.807) is 0 Å². The van der Waals surface area contributed by atoms with Gasteiger partial charge in [-0.15, -0.1) is 0 Å². The Hall–Kier alpha value is -2.36. The van der Waals surface area contributed by atoms with Gasteiger partial charge in [-0.2, -0.15) is 5.10 Å². The lowest BCUT2D eigenvalue weighted by Gasteiger charge is -2.49. The number of benzene rings is 1. The van der Waals surface area contributed by atoms with Gasteiger partial charge in [-0.3, -0.25) is 5.10 Å². The Morgan fingerprint density at radius 2 is 2.04 bits per heavy atom. The first-order chi connectivity index (χ1) is 11.3. The molecule has 116 valence electrons. The number of nitrogens with zero attached hydrogens (tertiary/aromatic N) is 2. The van der Waals surface area contributed by atoms with Crippen molar-refractivity contribution >= 4 is 0 Å². The Labute approximate surface area is 134 Å². The third-order valence-corrected chi connectivity index (χ3v) is 5.97. The van der Waals surface area contributed by atoms with E-state index in [2.05, 4.69) is 52.6 Å². The Bertz CT molecular complexity index is 850. The number of fused-ring (bicyclic) bond motifs is 4. The second-order valence-corrected chi connectivity index (χ2v) is 6.93. The van der Waals surface area contributed by atoms with E-state index in [4.69, 9.17) is 4.52 Å². The number of hydrogen-bond donors (Lipinski definition) is 1. The predicted molar refractivity (Wildman–Crippen MR) is 86.2 cm³/mol. The molecule has 23 heavy (non-hydrogen) atoms. The predicted octanol–water partition coefficient (Wildman–Crippen LogP) is 3.61. The highest BCUT2D eigenvalue weighted by atomic mass is 16.5. The number of aromatic amines is 1. The average Bonchev–Trinajstić information content (AvgIpc) is 3.24. The van der Waals surface area contributed by atoms with Gasteiger partial charge < -0.3 is 4.52 Å². The van der Waals surface area contributed by atoms with Crippen molar-refractivity contribution in [2.45, 2.75) is 37.5 Å². The van der Waals surface area contributed by atoms with Crippen LogP contribution in [0.4, 0.5) is 0 Å². The fourth-order valence-corrected chi connectivity index (χ4v) is 4.98. The molecule has 0 unspecified atom stereocenters. The summed E-state index contributed by atoms with van der Waals surface area (Å²) in [7, 11) is 0. The van der Waals surface area contributed by atoms with Crippen molar-refractivity contribution in [3.63, 3.8) is 0 Å². The lowest BCUT2D eigenvalue weighted by atomic mass is 9.53. The van der Waals surface area contributed by atoms with Crippen molar-refractivity contribution in [1.82, 2.24) is 15.4 Å². The maximum atomic E-state index is 5.59. The highest BCUT2D eigenvalue weighted by Crippen LogP contribution is 2.56. The summed E-state index contributed by atoms with van der Waals surface area (Å²) in [6.45, 7) is 2.28. The van der Waals surface area contributed by atoms with Gasteiger partial charge in [-0.05, 0) is 36.3 Å². The summed E-state index contributed by atoms with van der Waals surface area (Å²) in [5.74, 6) is 1.93. The molecule has 2 heterocycles. The summed E-state index contributed by atoms with van der Waals surface area (Å²) in [5.41, 5.74) is 5.20. The molecule has 0 radical (unpaired) electrons. The Balaban J connectivity index is 1.81. The van der Waals surface area contributed by atoms with E-state index in [1.807, 2.05) is 12.4 Å². The van der Waals surface area contributed by atoms with Gasteiger partial charge >= 0.3 is 0 Å². The lowest BCUT2D eigenvalue weighted by Crippen LogP contribution is -2.47. The quantitative estimate of drug-likeness (QED) is 0.747. The van der Waals surface area contributed by atoms with E-state index >= 15 is 0 Å². The van der Waals surface area contributed by atoms with Gasteiger partial charge in [0, 0.05) is 22.6 Å². The van der Waals surface area contributed by atoms with Crippen LogP contribution in [0.3, 0.4) is 0 Å². The van der Waals surface area contributed by atoms with Crippen LogP contribution >= 0.6 is 0 Å². The molecule has 0 bridgehead atoms. The van der Waals surface area contributed by atoms with Crippen LogP contribution in [0.1, 0.15) is 47.4 Å². The molecule has 0 spiro atoms. The lowest BCUT2D eigenvalue weighted by molar-refractivity contribution is 0.190. The maximum Gasteiger partial charge on any atom is 0.143 e. The van der Waals surface area contributed by atoms with Crippen molar-refractivity contribution < 1.29 is 4.52 Å². The SMILES string of the molecule is C[C@@H]1c2oncc2C[C@]2(c3ccccc3)c3[nH]ncc3CC[C@@H]12. The van der Waals surface area contributed by atoms with E-state index in [0.717, 1.165) is 25.0 Å². The number of H-pyrrole nitrogens is 1. The summed E-state index contributed by atoms with van der Waals surface area (Å²) in [6.07, 6.45) is 7.07. The first kappa shape index (κ1) is 13.1. The molecule has 4 heteroatoms. The molecule has 0 aliphatic heterocycles. The Morgan fingerprint density at radius 3 is 2.91 bits per heavy atom. The smallest absolute Gasteiger partial charge is 0.143 e. The van der Waals surface area contributed by atoms with Crippen molar-refractivity contribution in [3.05, 3.63) is 70.9 Å². The van der Waals surface area contributed by atoms with Crippen LogP contribution in [-0.4, -0.2) is 15.4 Å². The number of aryl methyl sites for hydroxylation is 1. The van der Waals surface area contributed by atoms with Gasteiger partial charge in [0.15, 0.2) is 0 Å². The van der Waals surface area contributed by atoms with Gasteiger partial charge in [0.05, 0.1) is 12.4 Å². The van der Waals surface area contributed by atoms with Gasteiger partial charge in [0.25, 0.3) is 0 Å². The Kier molecular flexibility index (Phi) is 2.61. The third kappa shape index (κ3) is 1.61. The number of rotatable bonds is 1. The molecular formula is C19H19N3O. The molecular weight excluding hydrogens is 286 g/mol. The Morgan fingerprint density at radius 1 is 1.17 bits per heavy atom. The summed E-state index contributed by atoms with van der Waals surface area (Å²) in [5, 5.41) is 11.8. The molecule has 0 amide bonds. The number of hydrogen-bond acceptors (Lipinski definition) is 3. The van der Waals surface area contributed by atoms with Gasteiger partial charge in [0.2, 0.25) is 0 Å². The molecule has 3 atom stereocenters. The highest BCUT2D eigenvalue weighted by molar-refractivity contribution is 5.48. The molecule has 1 N–H and O–H groups in total. The van der Waals surface area contributed by atoms with Crippen molar-refractivity contribution in [1.29, 1.82) is 0 Å². The van der Waals surface area contributed by atoms with Crippen LogP contribution in [0.2, 0.25) is 0 Å². The zero-order valence-electron chi connectivity index (χ0n) is 13.1. The zero-order chi connectivity index (χ0) is 15.4. The second kappa shape index (κ2) is 4.57. The standard InChI is InChI=1S/C19H19N3O/c1-12-16-8-7-13-10-20-22-18(13)19(16,15-5-3-2-4-6-15)9-14-11-21-23-17(12)14/h2-6,10-12,16H,7-9H2,1H3,(H,20,22)/t12-,16-,19+/m0/s1. The molecule has 2 aliphatic carbocycles. The monoisotopic (exact) mass is 305 g/mol. The van der Waals surface area contributed by atoms with Gasteiger partial charge in [0.1, 0.15) is 5.76 Å². The molecule has 0 fully saturated rings. The largest absolute Gasteiger partial charge is 0.361 e. The van der Waals surface area contributed by atoms with E-state index < -0.39 is 0 Å². The molecule has 0 saturated heterocycles. The van der Waals surface area contributed by atoms with Gasteiger partial charge in [-0.1, -0.05) is 42.4 Å². The summed E-state index contributed by atoms with van der Waals surface area (Å²) < 4.78 is 5.59. The minimum absolute atomic E-state index is 0.0523. The van der Waals surface area contributed by atoms with Crippen LogP contribution in [0.15, 0.2) is 47.2 Å². The molecule has 0 saturated carbocycles. The van der Waals surface area contributed by atoms with Crippen molar-refractivity contribution in [2.24, 2.45) is 5.92 Å². The molecule has 5 rings (SSSR count). The average molecular weight is 305 g/mol. The van der Waals surface area contributed by atoms with Crippen LogP contribution in [-0.2, 0) is 18.3 Å². The van der Waals surface area contributed by atoms with Crippen LogP contribution in [0.5, 0.6) is 0 Å². The molecule has 1 aromatic carbocycles. The van der Waals surface area contributed by atoms with Crippen LogP contribution < -0.4 is 0 Å². The highest BCUT2D eigenvalue weighted by Gasteiger charge is 2.53. The maximum absolute atomic E-state index is 5.59.